The molecular formula is C23H27N5O4S. The molecule has 0 unspecified atom stereocenters. The van der Waals surface area contributed by atoms with Crippen LogP contribution in [-0.4, -0.2) is 34.5 Å². The lowest BCUT2D eigenvalue weighted by Crippen LogP contribution is -2.42. The number of hydrogen-bond acceptors (Lipinski definition) is 6. The number of nitrogen functional groups attached to an aromatic ring is 1. The van der Waals surface area contributed by atoms with Crippen molar-refractivity contribution in [3.05, 3.63) is 79.1 Å². The summed E-state index contributed by atoms with van der Waals surface area (Å²) in [5, 5.41) is 4.51. The topological polar surface area (TPSA) is 130 Å². The van der Waals surface area contributed by atoms with Gasteiger partial charge >= 0.3 is 5.69 Å². The number of benzene rings is 1. The molecular weight excluding hydrogens is 442 g/mol. The lowest BCUT2D eigenvalue weighted by molar-refractivity contribution is -0.118. The molecule has 0 spiro atoms. The molecule has 33 heavy (non-hydrogen) atoms. The molecule has 10 heteroatoms. The van der Waals surface area contributed by atoms with Gasteiger partial charge in [-0.05, 0) is 23.4 Å². The monoisotopic (exact) mass is 469 g/mol. The number of rotatable bonds is 10. The van der Waals surface area contributed by atoms with Crippen molar-refractivity contribution in [1.29, 1.82) is 0 Å². The van der Waals surface area contributed by atoms with Crippen LogP contribution in [0.15, 0.2) is 57.4 Å². The predicted molar refractivity (Wildman–Crippen MR) is 130 cm³/mol. The van der Waals surface area contributed by atoms with Crippen LogP contribution in [0, 0.1) is 0 Å². The third-order valence-corrected chi connectivity index (χ3v) is 5.94. The van der Waals surface area contributed by atoms with Crippen molar-refractivity contribution in [2.75, 3.05) is 23.7 Å². The van der Waals surface area contributed by atoms with E-state index in [-0.39, 0.29) is 49.4 Å². The first-order valence-corrected chi connectivity index (χ1v) is 11.6. The van der Waals surface area contributed by atoms with Gasteiger partial charge in [0.2, 0.25) is 5.91 Å². The van der Waals surface area contributed by atoms with Gasteiger partial charge in [-0.3, -0.25) is 23.9 Å². The number of nitrogens with one attached hydrogen (secondary N) is 2. The summed E-state index contributed by atoms with van der Waals surface area (Å²) in [4.78, 5) is 54.5. The standard InChI is InChI=1S/C23H27N5O4S/c1-2-3-13-27(18(29)11-12-25-21(30)17-10-7-14-33-17)19-20(24)28(23(32)26-22(19)31)15-16-8-5-4-6-9-16/h4-10,14H,2-3,11-13,15,24H2,1H3,(H,25,30)(H,26,31,32). The highest BCUT2D eigenvalue weighted by Crippen LogP contribution is 2.19. The molecule has 0 saturated carbocycles. The summed E-state index contributed by atoms with van der Waals surface area (Å²) >= 11 is 1.31. The maximum atomic E-state index is 13.1. The van der Waals surface area contributed by atoms with Crippen molar-refractivity contribution >= 4 is 34.7 Å². The summed E-state index contributed by atoms with van der Waals surface area (Å²) in [6.45, 7) is 2.50. The molecule has 0 saturated heterocycles. The number of thiophene rings is 1. The fourth-order valence-corrected chi connectivity index (χ4v) is 3.99. The third kappa shape index (κ3) is 5.98. The van der Waals surface area contributed by atoms with E-state index in [4.69, 9.17) is 5.73 Å². The van der Waals surface area contributed by atoms with Crippen LogP contribution in [0.4, 0.5) is 11.5 Å². The molecule has 1 aromatic carbocycles. The summed E-state index contributed by atoms with van der Waals surface area (Å²) in [5.41, 5.74) is 5.69. The Morgan fingerprint density at radius 1 is 1.15 bits per heavy atom. The first-order chi connectivity index (χ1) is 15.9. The van der Waals surface area contributed by atoms with E-state index >= 15 is 0 Å². The Morgan fingerprint density at radius 3 is 2.58 bits per heavy atom. The molecule has 2 amide bonds. The number of nitrogens with two attached hydrogens (primary N) is 1. The van der Waals surface area contributed by atoms with Gasteiger partial charge in [0.15, 0.2) is 5.69 Å². The van der Waals surface area contributed by atoms with Crippen molar-refractivity contribution in [2.24, 2.45) is 0 Å². The molecule has 4 N–H and O–H groups in total. The summed E-state index contributed by atoms with van der Waals surface area (Å²) in [7, 11) is 0. The number of H-pyrrole nitrogens is 1. The van der Waals surface area contributed by atoms with Gasteiger partial charge in [-0.15, -0.1) is 11.3 Å². The molecule has 0 aliphatic heterocycles. The fraction of sp³-hybridized carbons (Fsp3) is 0.304. The summed E-state index contributed by atoms with van der Waals surface area (Å²) in [5.74, 6) is -0.691. The van der Waals surface area contributed by atoms with Gasteiger partial charge in [0.1, 0.15) is 5.82 Å². The van der Waals surface area contributed by atoms with E-state index < -0.39 is 11.2 Å². The molecule has 0 aliphatic rings. The van der Waals surface area contributed by atoms with E-state index in [0.717, 1.165) is 12.0 Å². The summed E-state index contributed by atoms with van der Waals surface area (Å²) < 4.78 is 1.25. The Bertz CT molecular complexity index is 1200. The van der Waals surface area contributed by atoms with Gasteiger partial charge in [0, 0.05) is 19.5 Å². The van der Waals surface area contributed by atoms with Crippen molar-refractivity contribution < 1.29 is 9.59 Å². The van der Waals surface area contributed by atoms with E-state index in [1.165, 1.54) is 20.8 Å². The zero-order chi connectivity index (χ0) is 23.8. The second-order valence-corrected chi connectivity index (χ2v) is 8.39. The molecule has 0 aliphatic carbocycles. The number of aromatic nitrogens is 2. The number of nitrogens with zero attached hydrogens (tertiary/aromatic N) is 2. The minimum atomic E-state index is -0.714. The Labute approximate surface area is 194 Å². The first kappa shape index (κ1) is 24.0. The highest BCUT2D eigenvalue weighted by atomic mass is 32.1. The van der Waals surface area contributed by atoms with Gasteiger partial charge in [-0.2, -0.15) is 0 Å². The number of unbranched alkanes of at least 4 members (excludes halogenated alkanes) is 1. The van der Waals surface area contributed by atoms with Crippen LogP contribution in [0.3, 0.4) is 0 Å². The highest BCUT2D eigenvalue weighted by Gasteiger charge is 2.24. The maximum Gasteiger partial charge on any atom is 0.330 e. The number of anilines is 2. The largest absolute Gasteiger partial charge is 0.383 e. The molecule has 2 heterocycles. The van der Waals surface area contributed by atoms with Crippen LogP contribution in [0.1, 0.15) is 41.4 Å². The number of aromatic amines is 1. The van der Waals surface area contributed by atoms with E-state index in [1.807, 2.05) is 37.3 Å². The van der Waals surface area contributed by atoms with E-state index in [2.05, 4.69) is 10.3 Å². The zero-order valence-electron chi connectivity index (χ0n) is 18.4. The third-order valence-electron chi connectivity index (χ3n) is 5.07. The predicted octanol–water partition coefficient (Wildman–Crippen LogP) is 2.18. The SMILES string of the molecule is CCCCN(C(=O)CCNC(=O)c1cccs1)c1c(N)n(Cc2ccccc2)c(=O)[nH]c1=O. The molecule has 2 aromatic heterocycles. The number of hydrogen-bond donors (Lipinski definition) is 3. The van der Waals surface area contributed by atoms with Crippen LogP contribution in [0.5, 0.6) is 0 Å². The van der Waals surface area contributed by atoms with Crippen molar-refractivity contribution in [3.8, 4) is 0 Å². The number of amides is 2. The van der Waals surface area contributed by atoms with Crippen LogP contribution in [0.2, 0.25) is 0 Å². The smallest absolute Gasteiger partial charge is 0.330 e. The Kier molecular flexibility index (Phi) is 8.20. The second kappa shape index (κ2) is 11.3. The van der Waals surface area contributed by atoms with Gasteiger partial charge in [-0.1, -0.05) is 49.7 Å². The molecule has 0 fully saturated rings. The zero-order valence-corrected chi connectivity index (χ0v) is 19.2. The lowest BCUT2D eigenvalue weighted by Gasteiger charge is -2.24. The molecule has 3 aromatic rings. The van der Waals surface area contributed by atoms with Crippen LogP contribution in [0.25, 0.3) is 0 Å². The Morgan fingerprint density at radius 2 is 1.91 bits per heavy atom. The number of carbonyl (C=O) groups excluding carboxylic acids is 2. The van der Waals surface area contributed by atoms with E-state index in [9.17, 15) is 19.2 Å². The molecule has 0 bridgehead atoms. The molecule has 9 nitrogen and oxygen atoms in total. The Hall–Kier alpha value is -3.66. The average molecular weight is 470 g/mol. The Balaban J connectivity index is 1.84. The second-order valence-electron chi connectivity index (χ2n) is 7.45. The normalized spacial score (nSPS) is 10.7. The quantitative estimate of drug-likeness (QED) is 0.419. The molecule has 3 rings (SSSR count). The van der Waals surface area contributed by atoms with Crippen molar-refractivity contribution in [3.63, 3.8) is 0 Å². The van der Waals surface area contributed by atoms with Gasteiger partial charge in [0.05, 0.1) is 11.4 Å². The minimum Gasteiger partial charge on any atom is -0.383 e. The van der Waals surface area contributed by atoms with E-state index in [1.54, 1.807) is 17.5 Å². The molecule has 174 valence electrons. The summed E-state index contributed by atoms with van der Waals surface area (Å²) in [6, 6.07) is 12.7. The van der Waals surface area contributed by atoms with Crippen molar-refractivity contribution in [2.45, 2.75) is 32.7 Å². The van der Waals surface area contributed by atoms with Crippen LogP contribution in [-0.2, 0) is 11.3 Å². The van der Waals surface area contributed by atoms with Crippen LogP contribution < -0.4 is 27.2 Å². The van der Waals surface area contributed by atoms with Gasteiger partial charge in [0.25, 0.3) is 11.5 Å². The van der Waals surface area contributed by atoms with Gasteiger partial charge in [-0.25, -0.2) is 4.79 Å². The maximum absolute atomic E-state index is 13.1. The lowest BCUT2D eigenvalue weighted by atomic mass is 10.2. The van der Waals surface area contributed by atoms with E-state index in [0.29, 0.717) is 11.3 Å². The fourth-order valence-electron chi connectivity index (χ4n) is 3.35. The van der Waals surface area contributed by atoms with Gasteiger partial charge < -0.3 is 16.0 Å². The van der Waals surface area contributed by atoms with Crippen molar-refractivity contribution in [1.82, 2.24) is 14.9 Å². The molecule has 0 atom stereocenters. The average Bonchev–Trinajstić information content (AvgIpc) is 3.34. The first-order valence-electron chi connectivity index (χ1n) is 10.7. The molecule has 0 radical (unpaired) electrons. The summed E-state index contributed by atoms with van der Waals surface area (Å²) in [6.07, 6.45) is 1.42. The minimum absolute atomic E-state index is 0.0163. The number of carbonyl (C=O) groups is 2. The van der Waals surface area contributed by atoms with Crippen LogP contribution >= 0.6 is 11.3 Å². The highest BCUT2D eigenvalue weighted by molar-refractivity contribution is 7.12.